The Morgan fingerprint density at radius 2 is 1.90 bits per heavy atom. The minimum absolute atomic E-state index is 0.101. The standard InChI is InChI=1S/C14H18Cl2N2O3/c1-8(2)12(19)5-6-17-13(20)14(21)18-11-4-3-9(15)7-10(11)16/h3-4,7-8,12,19H,5-6H2,1-2H3,(H,17,20)(H,18,21). The lowest BCUT2D eigenvalue weighted by molar-refractivity contribution is -0.136. The molecule has 0 fully saturated rings. The van der Waals surface area contributed by atoms with Crippen LogP contribution in [0.4, 0.5) is 5.69 Å². The molecule has 0 aliphatic heterocycles. The SMILES string of the molecule is CC(C)C(O)CCNC(=O)C(=O)Nc1ccc(Cl)cc1Cl. The molecule has 0 radical (unpaired) electrons. The van der Waals surface area contributed by atoms with Gasteiger partial charge in [-0.05, 0) is 30.5 Å². The number of benzene rings is 1. The fraction of sp³-hybridized carbons (Fsp3) is 0.429. The zero-order valence-electron chi connectivity index (χ0n) is 11.8. The van der Waals surface area contributed by atoms with Crippen molar-refractivity contribution in [3.8, 4) is 0 Å². The normalized spacial score (nSPS) is 12.1. The van der Waals surface area contributed by atoms with Crippen molar-refractivity contribution in [2.45, 2.75) is 26.4 Å². The second-order valence-electron chi connectivity index (χ2n) is 4.93. The van der Waals surface area contributed by atoms with E-state index in [1.807, 2.05) is 13.8 Å². The Morgan fingerprint density at radius 3 is 2.48 bits per heavy atom. The number of nitrogens with one attached hydrogen (secondary N) is 2. The molecule has 0 aliphatic rings. The highest BCUT2D eigenvalue weighted by Gasteiger charge is 2.16. The van der Waals surface area contributed by atoms with Gasteiger partial charge in [-0.3, -0.25) is 9.59 Å². The molecule has 0 spiro atoms. The average Bonchev–Trinajstić information content (AvgIpc) is 2.41. The largest absolute Gasteiger partial charge is 0.393 e. The second kappa shape index (κ2) is 8.22. The molecular weight excluding hydrogens is 315 g/mol. The third-order valence-electron chi connectivity index (χ3n) is 2.88. The molecule has 1 atom stereocenters. The van der Waals surface area contributed by atoms with Crippen LogP contribution in [0.1, 0.15) is 20.3 Å². The molecule has 3 N–H and O–H groups in total. The maximum atomic E-state index is 11.7. The first-order valence-corrected chi connectivity index (χ1v) is 7.29. The summed E-state index contributed by atoms with van der Waals surface area (Å²) in [6.45, 7) is 3.98. The number of amides is 2. The summed E-state index contributed by atoms with van der Waals surface area (Å²) in [5.41, 5.74) is 0.309. The molecule has 0 saturated carbocycles. The highest BCUT2D eigenvalue weighted by atomic mass is 35.5. The van der Waals surface area contributed by atoms with E-state index < -0.39 is 17.9 Å². The van der Waals surface area contributed by atoms with E-state index in [1.54, 1.807) is 6.07 Å². The fourth-order valence-electron chi connectivity index (χ4n) is 1.52. The number of carbonyl (C=O) groups excluding carboxylic acids is 2. The van der Waals surface area contributed by atoms with Gasteiger partial charge in [-0.25, -0.2) is 0 Å². The van der Waals surface area contributed by atoms with Crippen LogP contribution in [0.2, 0.25) is 10.0 Å². The molecule has 0 saturated heterocycles. The summed E-state index contributed by atoms with van der Waals surface area (Å²) in [6.07, 6.45) is -0.127. The molecule has 7 heteroatoms. The second-order valence-corrected chi connectivity index (χ2v) is 5.78. The summed E-state index contributed by atoms with van der Waals surface area (Å²) >= 11 is 11.6. The number of rotatable bonds is 5. The summed E-state index contributed by atoms with van der Waals surface area (Å²) in [6, 6.07) is 4.54. The van der Waals surface area contributed by atoms with Crippen LogP contribution in [0.15, 0.2) is 18.2 Å². The van der Waals surface area contributed by atoms with E-state index in [0.29, 0.717) is 17.1 Å². The van der Waals surface area contributed by atoms with Crippen LogP contribution in [0.5, 0.6) is 0 Å². The predicted molar refractivity (Wildman–Crippen MR) is 83.6 cm³/mol. The Labute approximate surface area is 133 Å². The van der Waals surface area contributed by atoms with E-state index in [0.717, 1.165) is 0 Å². The van der Waals surface area contributed by atoms with Crippen molar-refractivity contribution >= 4 is 40.7 Å². The van der Waals surface area contributed by atoms with E-state index in [1.165, 1.54) is 12.1 Å². The molecule has 5 nitrogen and oxygen atoms in total. The lowest BCUT2D eigenvalue weighted by Crippen LogP contribution is -2.37. The highest BCUT2D eigenvalue weighted by Crippen LogP contribution is 2.25. The number of aliphatic hydroxyl groups excluding tert-OH is 1. The van der Waals surface area contributed by atoms with Crippen molar-refractivity contribution < 1.29 is 14.7 Å². The maximum absolute atomic E-state index is 11.7. The zero-order chi connectivity index (χ0) is 16.0. The smallest absolute Gasteiger partial charge is 0.313 e. The van der Waals surface area contributed by atoms with Gasteiger partial charge in [0.05, 0.1) is 16.8 Å². The van der Waals surface area contributed by atoms with E-state index in [9.17, 15) is 14.7 Å². The van der Waals surface area contributed by atoms with Crippen molar-refractivity contribution in [2.24, 2.45) is 5.92 Å². The first kappa shape index (κ1) is 17.8. The average molecular weight is 333 g/mol. The van der Waals surface area contributed by atoms with Crippen LogP contribution in [-0.2, 0) is 9.59 Å². The molecule has 0 bridgehead atoms. The van der Waals surface area contributed by atoms with Gasteiger partial charge >= 0.3 is 11.8 Å². The quantitative estimate of drug-likeness (QED) is 0.724. The number of hydrogen-bond donors (Lipinski definition) is 3. The number of hydrogen-bond acceptors (Lipinski definition) is 3. The molecule has 0 aliphatic carbocycles. The molecule has 1 unspecified atom stereocenters. The number of carbonyl (C=O) groups is 2. The summed E-state index contributed by atoms with van der Waals surface area (Å²) in [5.74, 6) is -1.50. The topological polar surface area (TPSA) is 78.4 Å². The summed E-state index contributed by atoms with van der Waals surface area (Å²) in [5, 5.41) is 15.1. The number of anilines is 1. The maximum Gasteiger partial charge on any atom is 0.313 e. The van der Waals surface area contributed by atoms with E-state index in [4.69, 9.17) is 23.2 Å². The summed E-state index contributed by atoms with van der Waals surface area (Å²) in [4.78, 5) is 23.3. The molecule has 1 rings (SSSR count). The van der Waals surface area contributed by atoms with Crippen LogP contribution in [0, 0.1) is 5.92 Å². The van der Waals surface area contributed by atoms with Gasteiger partial charge in [-0.2, -0.15) is 0 Å². The third kappa shape index (κ3) is 5.91. The van der Waals surface area contributed by atoms with Gasteiger partial charge in [0.2, 0.25) is 0 Å². The minimum Gasteiger partial charge on any atom is -0.393 e. The van der Waals surface area contributed by atoms with Crippen molar-refractivity contribution in [3.63, 3.8) is 0 Å². The predicted octanol–water partition coefficient (Wildman–Crippen LogP) is 2.46. The molecule has 1 aromatic rings. The molecule has 0 heterocycles. The number of aliphatic hydroxyl groups is 1. The van der Waals surface area contributed by atoms with Gasteiger partial charge in [-0.15, -0.1) is 0 Å². The minimum atomic E-state index is -0.821. The van der Waals surface area contributed by atoms with Gasteiger partial charge < -0.3 is 15.7 Å². The number of halogens is 2. The van der Waals surface area contributed by atoms with Gasteiger partial charge in [0.15, 0.2) is 0 Å². The van der Waals surface area contributed by atoms with Gasteiger partial charge in [0.1, 0.15) is 0 Å². The van der Waals surface area contributed by atoms with Crippen LogP contribution in [0.3, 0.4) is 0 Å². The zero-order valence-corrected chi connectivity index (χ0v) is 13.3. The molecule has 2 amide bonds. The lowest BCUT2D eigenvalue weighted by atomic mass is 10.0. The van der Waals surface area contributed by atoms with Crippen LogP contribution < -0.4 is 10.6 Å². The lowest BCUT2D eigenvalue weighted by Gasteiger charge is -2.14. The van der Waals surface area contributed by atoms with Gasteiger partial charge in [0.25, 0.3) is 0 Å². The van der Waals surface area contributed by atoms with Crippen LogP contribution >= 0.6 is 23.2 Å². The highest BCUT2D eigenvalue weighted by molar-refractivity contribution is 6.42. The third-order valence-corrected chi connectivity index (χ3v) is 3.43. The summed E-state index contributed by atoms with van der Waals surface area (Å²) < 4.78 is 0. The molecule has 1 aromatic carbocycles. The Morgan fingerprint density at radius 1 is 1.24 bits per heavy atom. The Hall–Kier alpha value is -1.30. The molecule has 0 aromatic heterocycles. The van der Waals surface area contributed by atoms with Crippen molar-refractivity contribution in [1.29, 1.82) is 0 Å². The molecule has 116 valence electrons. The van der Waals surface area contributed by atoms with Crippen LogP contribution in [0.25, 0.3) is 0 Å². The van der Waals surface area contributed by atoms with Crippen molar-refractivity contribution in [1.82, 2.24) is 5.32 Å². The van der Waals surface area contributed by atoms with E-state index >= 15 is 0 Å². The van der Waals surface area contributed by atoms with Crippen molar-refractivity contribution in [2.75, 3.05) is 11.9 Å². The van der Waals surface area contributed by atoms with Crippen molar-refractivity contribution in [3.05, 3.63) is 28.2 Å². The Balaban J connectivity index is 2.46. The van der Waals surface area contributed by atoms with Crippen LogP contribution in [-0.4, -0.2) is 29.6 Å². The Bertz CT molecular complexity index is 521. The Kier molecular flexibility index (Phi) is 6.95. The molecular formula is C14H18Cl2N2O3. The van der Waals surface area contributed by atoms with Gasteiger partial charge in [-0.1, -0.05) is 37.0 Å². The first-order valence-electron chi connectivity index (χ1n) is 6.53. The van der Waals surface area contributed by atoms with E-state index in [-0.39, 0.29) is 17.5 Å². The molecule has 21 heavy (non-hydrogen) atoms. The van der Waals surface area contributed by atoms with E-state index in [2.05, 4.69) is 10.6 Å². The monoisotopic (exact) mass is 332 g/mol. The summed E-state index contributed by atoms with van der Waals surface area (Å²) in [7, 11) is 0. The van der Waals surface area contributed by atoms with Gasteiger partial charge in [0, 0.05) is 11.6 Å². The first-order chi connectivity index (χ1) is 9.81. The fourth-order valence-corrected chi connectivity index (χ4v) is 1.97.